The number of nitrogens with zero attached hydrogens (tertiary/aromatic N) is 5. The van der Waals surface area contributed by atoms with Crippen LogP contribution in [0, 0.1) is 0 Å². The minimum atomic E-state index is 0.775. The summed E-state index contributed by atoms with van der Waals surface area (Å²) in [5, 5.41) is 14.4. The molecule has 1 aliphatic rings. The molecular formula is C18H21N5S. The third kappa shape index (κ3) is 3.71. The molecule has 3 aromatic rings. The molecule has 4 rings (SSSR count). The van der Waals surface area contributed by atoms with Gasteiger partial charge in [-0.1, -0.05) is 24.3 Å². The second-order valence-corrected chi connectivity index (χ2v) is 7.26. The van der Waals surface area contributed by atoms with Gasteiger partial charge in [0.1, 0.15) is 0 Å². The highest BCUT2D eigenvalue weighted by Crippen LogP contribution is 2.29. The van der Waals surface area contributed by atoms with Gasteiger partial charge in [-0.2, -0.15) is 4.68 Å². The molecule has 2 heterocycles. The summed E-state index contributed by atoms with van der Waals surface area (Å²) >= 11 is 1.85. The summed E-state index contributed by atoms with van der Waals surface area (Å²) < 4.78 is 1.85. The van der Waals surface area contributed by atoms with Crippen LogP contribution in [0.2, 0.25) is 0 Å². The van der Waals surface area contributed by atoms with Crippen LogP contribution in [0.1, 0.15) is 30.0 Å². The van der Waals surface area contributed by atoms with Gasteiger partial charge in [-0.25, -0.2) is 0 Å². The SMILES string of the molecule is c1ccc(-n2nnnc2CCCN(Cc2cccs2)C2CC2)cc1. The van der Waals surface area contributed by atoms with Crippen molar-refractivity contribution in [2.24, 2.45) is 0 Å². The summed E-state index contributed by atoms with van der Waals surface area (Å²) in [5.41, 5.74) is 1.02. The zero-order valence-electron chi connectivity index (χ0n) is 13.6. The highest BCUT2D eigenvalue weighted by molar-refractivity contribution is 7.09. The van der Waals surface area contributed by atoms with Gasteiger partial charge in [0, 0.05) is 23.9 Å². The normalized spacial score (nSPS) is 14.4. The lowest BCUT2D eigenvalue weighted by Crippen LogP contribution is -2.26. The summed E-state index contributed by atoms with van der Waals surface area (Å²) in [7, 11) is 0. The lowest BCUT2D eigenvalue weighted by atomic mass is 10.2. The average molecular weight is 339 g/mol. The van der Waals surface area contributed by atoms with E-state index in [1.807, 2.05) is 46.4 Å². The lowest BCUT2D eigenvalue weighted by molar-refractivity contribution is 0.253. The first kappa shape index (κ1) is 15.5. The molecule has 1 fully saturated rings. The number of aromatic nitrogens is 4. The molecule has 6 heteroatoms. The molecule has 0 N–H and O–H groups in total. The van der Waals surface area contributed by atoms with Gasteiger partial charge in [-0.15, -0.1) is 16.4 Å². The minimum absolute atomic E-state index is 0.775. The fourth-order valence-corrected chi connectivity index (χ4v) is 3.73. The van der Waals surface area contributed by atoms with Crippen LogP contribution in [-0.4, -0.2) is 37.7 Å². The van der Waals surface area contributed by atoms with E-state index in [4.69, 9.17) is 0 Å². The van der Waals surface area contributed by atoms with Crippen LogP contribution in [-0.2, 0) is 13.0 Å². The van der Waals surface area contributed by atoms with Crippen molar-refractivity contribution in [2.75, 3.05) is 6.54 Å². The second-order valence-electron chi connectivity index (χ2n) is 6.23. The number of aryl methyl sites for hydroxylation is 1. The van der Waals surface area contributed by atoms with Gasteiger partial charge in [-0.05, 0) is 59.8 Å². The lowest BCUT2D eigenvalue weighted by Gasteiger charge is -2.21. The third-order valence-electron chi connectivity index (χ3n) is 4.38. The first-order chi connectivity index (χ1) is 11.9. The summed E-state index contributed by atoms with van der Waals surface area (Å²) in [6.45, 7) is 2.18. The minimum Gasteiger partial charge on any atom is -0.295 e. The van der Waals surface area contributed by atoms with Crippen molar-refractivity contribution < 1.29 is 0 Å². The maximum absolute atomic E-state index is 4.21. The molecule has 0 bridgehead atoms. The van der Waals surface area contributed by atoms with Crippen LogP contribution in [0.25, 0.3) is 5.69 Å². The van der Waals surface area contributed by atoms with Crippen LogP contribution in [0.4, 0.5) is 0 Å². The smallest absolute Gasteiger partial charge is 0.156 e. The van der Waals surface area contributed by atoms with Gasteiger partial charge in [0.05, 0.1) is 5.69 Å². The molecule has 1 aromatic carbocycles. The van der Waals surface area contributed by atoms with E-state index in [1.54, 1.807) is 0 Å². The van der Waals surface area contributed by atoms with E-state index in [-0.39, 0.29) is 0 Å². The zero-order chi connectivity index (χ0) is 16.2. The van der Waals surface area contributed by atoms with E-state index in [2.05, 4.69) is 37.9 Å². The van der Waals surface area contributed by atoms with Gasteiger partial charge >= 0.3 is 0 Å². The molecule has 0 radical (unpaired) electrons. The number of rotatable bonds is 8. The van der Waals surface area contributed by atoms with Crippen LogP contribution < -0.4 is 0 Å². The molecule has 0 amide bonds. The van der Waals surface area contributed by atoms with Crippen molar-refractivity contribution in [1.29, 1.82) is 0 Å². The standard InChI is InChI=1S/C18H21N5S/c1-2-6-16(7-3-1)23-18(19-20-21-23)9-4-12-22(15-10-11-15)14-17-8-5-13-24-17/h1-3,5-8,13,15H,4,9-12,14H2. The molecule has 0 aliphatic heterocycles. The van der Waals surface area contributed by atoms with Crippen LogP contribution in [0.3, 0.4) is 0 Å². The summed E-state index contributed by atoms with van der Waals surface area (Å²) in [4.78, 5) is 4.07. The predicted octanol–water partition coefficient (Wildman–Crippen LogP) is 3.32. The van der Waals surface area contributed by atoms with Gasteiger partial charge in [0.2, 0.25) is 0 Å². The van der Waals surface area contributed by atoms with Crippen molar-refractivity contribution in [2.45, 2.75) is 38.3 Å². The molecule has 1 saturated carbocycles. The number of hydrogen-bond donors (Lipinski definition) is 0. The van der Waals surface area contributed by atoms with Crippen molar-refractivity contribution >= 4 is 11.3 Å². The van der Waals surface area contributed by atoms with Crippen molar-refractivity contribution in [3.8, 4) is 5.69 Å². The Labute approximate surface area is 145 Å². The second kappa shape index (κ2) is 7.23. The summed E-state index contributed by atoms with van der Waals surface area (Å²) in [6, 6.07) is 15.2. The molecule has 0 spiro atoms. The van der Waals surface area contributed by atoms with Crippen molar-refractivity contribution in [3.05, 3.63) is 58.5 Å². The van der Waals surface area contributed by atoms with Gasteiger partial charge in [0.15, 0.2) is 5.82 Å². The Bertz CT molecular complexity index is 749. The monoisotopic (exact) mass is 339 g/mol. The largest absolute Gasteiger partial charge is 0.295 e. The fourth-order valence-electron chi connectivity index (χ4n) is 3.00. The Morgan fingerprint density at radius 1 is 1.12 bits per heavy atom. The predicted molar refractivity (Wildman–Crippen MR) is 95.2 cm³/mol. The average Bonchev–Trinajstić information content (AvgIpc) is 3.14. The van der Waals surface area contributed by atoms with Crippen molar-refractivity contribution in [1.82, 2.24) is 25.1 Å². The Morgan fingerprint density at radius 3 is 2.75 bits per heavy atom. The number of para-hydroxylation sites is 1. The van der Waals surface area contributed by atoms with Gasteiger partial charge in [0.25, 0.3) is 0 Å². The topological polar surface area (TPSA) is 46.8 Å². The molecular weight excluding hydrogens is 318 g/mol. The van der Waals surface area contributed by atoms with E-state index >= 15 is 0 Å². The Kier molecular flexibility index (Phi) is 4.66. The van der Waals surface area contributed by atoms with Crippen LogP contribution in [0.15, 0.2) is 47.8 Å². The van der Waals surface area contributed by atoms with Crippen LogP contribution in [0.5, 0.6) is 0 Å². The molecule has 5 nitrogen and oxygen atoms in total. The van der Waals surface area contributed by atoms with E-state index < -0.39 is 0 Å². The Balaban J connectivity index is 1.36. The zero-order valence-corrected chi connectivity index (χ0v) is 14.4. The molecule has 0 saturated heterocycles. The van der Waals surface area contributed by atoms with E-state index in [1.165, 1.54) is 17.7 Å². The molecule has 0 atom stereocenters. The van der Waals surface area contributed by atoms with E-state index in [9.17, 15) is 0 Å². The number of benzene rings is 1. The highest BCUT2D eigenvalue weighted by Gasteiger charge is 2.28. The van der Waals surface area contributed by atoms with Gasteiger partial charge in [-0.3, -0.25) is 4.90 Å². The highest BCUT2D eigenvalue weighted by atomic mass is 32.1. The van der Waals surface area contributed by atoms with E-state index in [0.29, 0.717) is 0 Å². The molecule has 124 valence electrons. The van der Waals surface area contributed by atoms with Gasteiger partial charge < -0.3 is 0 Å². The Morgan fingerprint density at radius 2 is 2.00 bits per heavy atom. The van der Waals surface area contributed by atoms with E-state index in [0.717, 1.165) is 43.5 Å². The first-order valence-electron chi connectivity index (χ1n) is 8.49. The quantitative estimate of drug-likeness (QED) is 0.632. The molecule has 1 aliphatic carbocycles. The maximum atomic E-state index is 4.21. The number of thiophene rings is 1. The van der Waals surface area contributed by atoms with Crippen LogP contribution >= 0.6 is 11.3 Å². The molecule has 2 aromatic heterocycles. The molecule has 0 unspecified atom stereocenters. The Hall–Kier alpha value is -2.05. The summed E-state index contributed by atoms with van der Waals surface area (Å²) in [6.07, 6.45) is 4.66. The molecule has 24 heavy (non-hydrogen) atoms. The maximum Gasteiger partial charge on any atom is 0.156 e. The third-order valence-corrected chi connectivity index (χ3v) is 5.24. The number of tetrazole rings is 1. The fraction of sp³-hybridized carbons (Fsp3) is 0.389. The number of hydrogen-bond acceptors (Lipinski definition) is 5. The summed E-state index contributed by atoms with van der Waals surface area (Å²) in [5.74, 6) is 0.938. The first-order valence-corrected chi connectivity index (χ1v) is 9.37. The van der Waals surface area contributed by atoms with Crippen molar-refractivity contribution in [3.63, 3.8) is 0 Å².